The molecule has 1 atom stereocenters. The predicted molar refractivity (Wildman–Crippen MR) is 89.0 cm³/mol. The topological polar surface area (TPSA) is 41.9 Å². The van der Waals surface area contributed by atoms with E-state index in [4.69, 9.17) is 0 Å². The number of hydrogen-bond donors (Lipinski definition) is 0. The summed E-state index contributed by atoms with van der Waals surface area (Å²) in [5, 5.41) is 0. The molecular weight excluding hydrogens is 337 g/mol. The molecule has 2 aromatic heterocycles. The van der Waals surface area contributed by atoms with E-state index in [2.05, 4.69) is 15.0 Å². The molecule has 2 aromatic rings. The van der Waals surface area contributed by atoms with Crippen LogP contribution < -0.4 is 4.90 Å². The third-order valence-corrected chi connectivity index (χ3v) is 4.69. The summed E-state index contributed by atoms with van der Waals surface area (Å²) in [6.07, 6.45) is 2.46. The summed E-state index contributed by atoms with van der Waals surface area (Å²) in [5.41, 5.74) is -0.382. The third kappa shape index (κ3) is 3.63. The molecule has 0 spiro atoms. The molecule has 0 N–H and O–H groups in total. The van der Waals surface area contributed by atoms with Crippen LogP contribution in [0.2, 0.25) is 0 Å². The van der Waals surface area contributed by atoms with Gasteiger partial charge in [-0.15, -0.1) is 0 Å². The van der Waals surface area contributed by atoms with Gasteiger partial charge in [-0.2, -0.15) is 24.9 Å². The Hall–Kier alpha value is -1.83. The summed E-state index contributed by atoms with van der Waals surface area (Å²) in [6.45, 7) is 0.718. The van der Waals surface area contributed by atoms with Crippen LogP contribution >= 0.6 is 11.8 Å². The Morgan fingerprint density at radius 1 is 1.25 bits per heavy atom. The Bertz CT molecular complexity index is 693. The molecule has 0 aliphatic carbocycles. The van der Waals surface area contributed by atoms with E-state index in [-0.39, 0.29) is 11.9 Å². The van der Waals surface area contributed by atoms with Crippen LogP contribution in [0.15, 0.2) is 30.6 Å². The largest absolute Gasteiger partial charge is 0.433 e. The highest BCUT2D eigenvalue weighted by molar-refractivity contribution is 7.98. The number of anilines is 1. The molecule has 0 bridgehead atoms. The normalized spacial score (nSPS) is 18.2. The monoisotopic (exact) mass is 354 g/mol. The van der Waals surface area contributed by atoms with Crippen LogP contribution in [0.1, 0.15) is 18.5 Å². The van der Waals surface area contributed by atoms with Crippen LogP contribution in [0.4, 0.5) is 19.0 Å². The van der Waals surface area contributed by atoms with E-state index in [0.717, 1.165) is 31.2 Å². The second kappa shape index (κ2) is 6.96. The van der Waals surface area contributed by atoms with Gasteiger partial charge >= 0.3 is 6.18 Å². The van der Waals surface area contributed by atoms with Gasteiger partial charge in [0, 0.05) is 42.4 Å². The molecule has 4 nitrogen and oxygen atoms in total. The van der Waals surface area contributed by atoms with Crippen molar-refractivity contribution in [2.75, 3.05) is 23.5 Å². The average Bonchev–Trinajstić information content (AvgIpc) is 3.03. The van der Waals surface area contributed by atoms with E-state index in [1.807, 2.05) is 11.2 Å². The Morgan fingerprint density at radius 2 is 2.00 bits per heavy atom. The van der Waals surface area contributed by atoms with Crippen molar-refractivity contribution in [2.24, 2.45) is 0 Å². The SMILES string of the molecule is CSCC1CCCN1c1cc(C(F)(F)F)nc(-c2ccncc2)n1. The van der Waals surface area contributed by atoms with E-state index < -0.39 is 11.9 Å². The minimum atomic E-state index is -4.51. The summed E-state index contributed by atoms with van der Waals surface area (Å²) in [4.78, 5) is 14.0. The summed E-state index contributed by atoms with van der Waals surface area (Å²) >= 11 is 1.69. The second-order valence-electron chi connectivity index (χ2n) is 5.61. The summed E-state index contributed by atoms with van der Waals surface area (Å²) in [6, 6.07) is 4.50. The van der Waals surface area contributed by atoms with E-state index >= 15 is 0 Å². The van der Waals surface area contributed by atoms with Crippen molar-refractivity contribution >= 4 is 17.6 Å². The Morgan fingerprint density at radius 3 is 2.67 bits per heavy atom. The van der Waals surface area contributed by atoms with Gasteiger partial charge in [0.2, 0.25) is 0 Å². The second-order valence-corrected chi connectivity index (χ2v) is 6.52. The van der Waals surface area contributed by atoms with Gasteiger partial charge in [-0.3, -0.25) is 4.98 Å². The highest BCUT2D eigenvalue weighted by atomic mass is 32.2. The molecule has 3 heterocycles. The molecule has 1 fully saturated rings. The summed E-state index contributed by atoms with van der Waals surface area (Å²) in [5.74, 6) is 1.30. The first-order valence-electron chi connectivity index (χ1n) is 7.61. The lowest BCUT2D eigenvalue weighted by Gasteiger charge is -2.26. The smallest absolute Gasteiger partial charge is 0.353 e. The minimum Gasteiger partial charge on any atom is -0.353 e. The molecular formula is C16H17F3N4S. The van der Waals surface area contributed by atoms with Gasteiger partial charge in [0.15, 0.2) is 11.5 Å². The predicted octanol–water partition coefficient (Wildman–Crippen LogP) is 3.89. The first-order valence-corrected chi connectivity index (χ1v) is 9.00. The number of alkyl halides is 3. The van der Waals surface area contributed by atoms with E-state index in [9.17, 15) is 13.2 Å². The molecule has 1 unspecified atom stereocenters. The number of pyridine rings is 1. The van der Waals surface area contributed by atoms with Crippen LogP contribution in [-0.2, 0) is 6.18 Å². The van der Waals surface area contributed by atoms with Gasteiger partial charge in [0.1, 0.15) is 5.82 Å². The van der Waals surface area contributed by atoms with Crippen LogP contribution in [0, 0.1) is 0 Å². The van der Waals surface area contributed by atoms with Gasteiger partial charge in [-0.05, 0) is 31.2 Å². The lowest BCUT2D eigenvalue weighted by atomic mass is 10.2. The number of aromatic nitrogens is 3. The first kappa shape index (κ1) is 17.0. The molecule has 1 aliphatic heterocycles. The first-order chi connectivity index (χ1) is 11.5. The van der Waals surface area contributed by atoms with Crippen molar-refractivity contribution in [1.82, 2.24) is 15.0 Å². The van der Waals surface area contributed by atoms with Crippen molar-refractivity contribution in [1.29, 1.82) is 0 Å². The van der Waals surface area contributed by atoms with Crippen molar-refractivity contribution < 1.29 is 13.2 Å². The van der Waals surface area contributed by atoms with Crippen LogP contribution in [-0.4, -0.2) is 39.5 Å². The third-order valence-electron chi connectivity index (χ3n) is 3.97. The molecule has 0 radical (unpaired) electrons. The zero-order valence-electron chi connectivity index (χ0n) is 13.1. The Balaban J connectivity index is 2.05. The number of rotatable bonds is 4. The van der Waals surface area contributed by atoms with Crippen molar-refractivity contribution in [3.8, 4) is 11.4 Å². The maximum Gasteiger partial charge on any atom is 0.433 e. The molecule has 0 saturated carbocycles. The standard InChI is InChI=1S/C16H17F3N4S/c1-24-10-12-3-2-8-23(12)14-9-13(16(17,18)19)21-15(22-14)11-4-6-20-7-5-11/h4-7,9,12H,2-3,8,10H2,1H3. The lowest BCUT2D eigenvalue weighted by Crippen LogP contribution is -2.32. The molecule has 0 amide bonds. The molecule has 128 valence electrons. The zero-order valence-corrected chi connectivity index (χ0v) is 13.9. The molecule has 24 heavy (non-hydrogen) atoms. The number of hydrogen-bond acceptors (Lipinski definition) is 5. The van der Waals surface area contributed by atoms with E-state index in [0.29, 0.717) is 11.4 Å². The van der Waals surface area contributed by atoms with Crippen molar-refractivity contribution in [2.45, 2.75) is 25.1 Å². The number of nitrogens with zero attached hydrogens (tertiary/aromatic N) is 4. The van der Waals surface area contributed by atoms with Gasteiger partial charge in [-0.25, -0.2) is 9.97 Å². The molecule has 0 aromatic carbocycles. The van der Waals surface area contributed by atoms with E-state index in [1.54, 1.807) is 23.9 Å². The van der Waals surface area contributed by atoms with Crippen molar-refractivity contribution in [3.05, 3.63) is 36.3 Å². The van der Waals surface area contributed by atoms with Gasteiger partial charge < -0.3 is 4.90 Å². The van der Waals surface area contributed by atoms with Gasteiger partial charge in [-0.1, -0.05) is 0 Å². The molecule has 1 aliphatic rings. The molecule has 3 rings (SSSR count). The van der Waals surface area contributed by atoms with Gasteiger partial charge in [0.25, 0.3) is 0 Å². The number of thioether (sulfide) groups is 1. The summed E-state index contributed by atoms with van der Waals surface area (Å²) < 4.78 is 39.8. The van der Waals surface area contributed by atoms with Crippen LogP contribution in [0.25, 0.3) is 11.4 Å². The van der Waals surface area contributed by atoms with E-state index in [1.165, 1.54) is 12.4 Å². The average molecular weight is 354 g/mol. The minimum absolute atomic E-state index is 0.0806. The Kier molecular flexibility index (Phi) is 4.93. The molecule has 8 heteroatoms. The zero-order chi connectivity index (χ0) is 17.2. The van der Waals surface area contributed by atoms with Gasteiger partial charge in [0.05, 0.1) is 0 Å². The fourth-order valence-corrected chi connectivity index (χ4v) is 3.59. The maximum absolute atomic E-state index is 13.3. The quantitative estimate of drug-likeness (QED) is 0.833. The highest BCUT2D eigenvalue weighted by Crippen LogP contribution is 2.34. The van der Waals surface area contributed by atoms with Crippen molar-refractivity contribution in [3.63, 3.8) is 0 Å². The van der Waals surface area contributed by atoms with Crippen LogP contribution in [0.5, 0.6) is 0 Å². The Labute approximate surface area is 142 Å². The lowest BCUT2D eigenvalue weighted by molar-refractivity contribution is -0.141. The maximum atomic E-state index is 13.3. The highest BCUT2D eigenvalue weighted by Gasteiger charge is 2.35. The van der Waals surface area contributed by atoms with Crippen LogP contribution in [0.3, 0.4) is 0 Å². The molecule has 1 saturated heterocycles. The fourth-order valence-electron chi connectivity index (χ4n) is 2.86. The fraction of sp³-hybridized carbons (Fsp3) is 0.438. The number of halogens is 3. The summed E-state index contributed by atoms with van der Waals surface area (Å²) in [7, 11) is 0.